The molecule has 2 nitrogen and oxygen atoms in total. The molecule has 0 aromatic rings. The van der Waals surface area contributed by atoms with Crippen LogP contribution >= 0.6 is 0 Å². The van der Waals surface area contributed by atoms with Crippen molar-refractivity contribution < 1.29 is 9.53 Å². The van der Waals surface area contributed by atoms with Gasteiger partial charge in [0.2, 0.25) is 0 Å². The normalized spacial score (nSPS) is 29.9. The van der Waals surface area contributed by atoms with E-state index in [9.17, 15) is 4.79 Å². The summed E-state index contributed by atoms with van der Waals surface area (Å²) < 4.78 is 5.07. The van der Waals surface area contributed by atoms with E-state index in [1.54, 1.807) is 0 Å². The van der Waals surface area contributed by atoms with Gasteiger partial charge in [-0.25, -0.2) is 0 Å². The highest BCUT2D eigenvalue weighted by atomic mass is 16.5. The molecule has 0 aromatic carbocycles. The Labute approximate surface area is 67.2 Å². The summed E-state index contributed by atoms with van der Waals surface area (Å²) in [6.45, 7) is 6.06. The minimum absolute atomic E-state index is 0.0208. The number of ether oxygens (including phenoxy) is 1. The molecule has 1 fully saturated rings. The quantitative estimate of drug-likeness (QED) is 0.426. The molecule has 1 heterocycles. The molecule has 2 heteroatoms. The molecule has 0 aromatic heterocycles. The number of cyclic esters (lactones) is 1. The number of carbonyl (C=O) groups excluding carboxylic acids is 1. The first-order chi connectivity index (χ1) is 5.09. The van der Waals surface area contributed by atoms with Crippen molar-refractivity contribution in [1.29, 1.82) is 0 Å². The SMILES string of the molecule is CC(C)=CC1OC(=O)C[C@@H]1C. The van der Waals surface area contributed by atoms with Crippen LogP contribution in [-0.4, -0.2) is 12.1 Å². The molecule has 0 radical (unpaired) electrons. The molecule has 62 valence electrons. The number of allylic oxidation sites excluding steroid dienone is 1. The van der Waals surface area contributed by atoms with Crippen molar-refractivity contribution in [1.82, 2.24) is 0 Å². The second-order valence-electron chi connectivity index (χ2n) is 3.38. The van der Waals surface area contributed by atoms with Gasteiger partial charge in [0.05, 0.1) is 6.42 Å². The van der Waals surface area contributed by atoms with Gasteiger partial charge in [-0.3, -0.25) is 4.79 Å². The molecular weight excluding hydrogens is 140 g/mol. The Morgan fingerprint density at radius 2 is 2.27 bits per heavy atom. The van der Waals surface area contributed by atoms with Gasteiger partial charge in [-0.05, 0) is 19.9 Å². The maximum atomic E-state index is 10.8. The van der Waals surface area contributed by atoms with Gasteiger partial charge in [-0.2, -0.15) is 0 Å². The Kier molecular flexibility index (Phi) is 2.32. The van der Waals surface area contributed by atoms with Crippen molar-refractivity contribution in [2.75, 3.05) is 0 Å². The van der Waals surface area contributed by atoms with Crippen molar-refractivity contribution in [2.45, 2.75) is 33.3 Å². The highest BCUT2D eigenvalue weighted by Crippen LogP contribution is 2.22. The summed E-state index contributed by atoms with van der Waals surface area (Å²) in [5.41, 5.74) is 1.21. The van der Waals surface area contributed by atoms with E-state index in [0.717, 1.165) is 0 Å². The van der Waals surface area contributed by atoms with Gasteiger partial charge in [0.1, 0.15) is 6.10 Å². The second kappa shape index (κ2) is 3.07. The Hall–Kier alpha value is -0.790. The third kappa shape index (κ3) is 2.07. The first-order valence-electron chi connectivity index (χ1n) is 3.94. The number of carbonyl (C=O) groups is 1. The second-order valence-corrected chi connectivity index (χ2v) is 3.38. The summed E-state index contributed by atoms with van der Waals surface area (Å²) >= 11 is 0. The van der Waals surface area contributed by atoms with Gasteiger partial charge >= 0.3 is 5.97 Å². The van der Waals surface area contributed by atoms with Crippen LogP contribution in [0.3, 0.4) is 0 Å². The minimum Gasteiger partial charge on any atom is -0.458 e. The zero-order valence-corrected chi connectivity index (χ0v) is 7.26. The molecule has 0 N–H and O–H groups in total. The fourth-order valence-corrected chi connectivity index (χ4v) is 1.22. The van der Waals surface area contributed by atoms with Gasteiger partial charge in [-0.1, -0.05) is 12.5 Å². The predicted molar refractivity (Wildman–Crippen MR) is 43.1 cm³/mol. The Balaban J connectivity index is 2.60. The molecule has 0 aliphatic carbocycles. The topological polar surface area (TPSA) is 26.3 Å². The van der Waals surface area contributed by atoms with Crippen molar-refractivity contribution in [3.63, 3.8) is 0 Å². The van der Waals surface area contributed by atoms with Crippen LogP contribution in [0.15, 0.2) is 11.6 Å². The van der Waals surface area contributed by atoms with E-state index in [1.807, 2.05) is 26.8 Å². The summed E-state index contributed by atoms with van der Waals surface area (Å²) in [4.78, 5) is 10.8. The number of hydrogen-bond donors (Lipinski definition) is 0. The van der Waals surface area contributed by atoms with Crippen molar-refractivity contribution >= 4 is 5.97 Å². The van der Waals surface area contributed by atoms with Crippen LogP contribution in [0.1, 0.15) is 27.2 Å². The fourth-order valence-electron chi connectivity index (χ4n) is 1.22. The molecule has 0 amide bonds. The molecule has 0 bridgehead atoms. The Bertz CT molecular complexity index is 190. The van der Waals surface area contributed by atoms with E-state index < -0.39 is 0 Å². The van der Waals surface area contributed by atoms with Crippen LogP contribution in [0.5, 0.6) is 0 Å². The lowest BCUT2D eigenvalue weighted by Gasteiger charge is -2.08. The molecule has 11 heavy (non-hydrogen) atoms. The smallest absolute Gasteiger partial charge is 0.306 e. The van der Waals surface area contributed by atoms with Crippen LogP contribution in [0.4, 0.5) is 0 Å². The monoisotopic (exact) mass is 154 g/mol. The molecule has 0 spiro atoms. The zero-order chi connectivity index (χ0) is 8.43. The van der Waals surface area contributed by atoms with Gasteiger partial charge in [0.15, 0.2) is 0 Å². The van der Waals surface area contributed by atoms with Crippen molar-refractivity contribution in [3.8, 4) is 0 Å². The Morgan fingerprint density at radius 1 is 1.64 bits per heavy atom. The first-order valence-corrected chi connectivity index (χ1v) is 3.94. The highest BCUT2D eigenvalue weighted by Gasteiger charge is 2.29. The molecule has 1 saturated heterocycles. The van der Waals surface area contributed by atoms with E-state index in [1.165, 1.54) is 5.57 Å². The van der Waals surface area contributed by atoms with E-state index in [2.05, 4.69) is 0 Å². The van der Waals surface area contributed by atoms with Gasteiger partial charge in [0, 0.05) is 5.92 Å². The molecule has 2 atom stereocenters. The minimum atomic E-state index is -0.0694. The van der Waals surface area contributed by atoms with E-state index in [4.69, 9.17) is 4.74 Å². The standard InChI is InChI=1S/C9H14O2/c1-6(2)4-8-7(3)5-9(10)11-8/h4,7-8H,5H2,1-3H3/t7-,8?/m0/s1. The lowest BCUT2D eigenvalue weighted by atomic mass is 10.0. The summed E-state index contributed by atoms with van der Waals surface area (Å²) in [7, 11) is 0. The van der Waals surface area contributed by atoms with Gasteiger partial charge in [-0.15, -0.1) is 0 Å². The molecular formula is C9H14O2. The third-order valence-corrected chi connectivity index (χ3v) is 1.81. The zero-order valence-electron chi connectivity index (χ0n) is 7.26. The van der Waals surface area contributed by atoms with Crippen LogP contribution in [0.2, 0.25) is 0 Å². The number of rotatable bonds is 1. The fraction of sp³-hybridized carbons (Fsp3) is 0.667. The number of esters is 1. The average Bonchev–Trinajstić information content (AvgIpc) is 2.09. The van der Waals surface area contributed by atoms with E-state index in [-0.39, 0.29) is 12.1 Å². The van der Waals surface area contributed by atoms with Crippen molar-refractivity contribution in [2.24, 2.45) is 5.92 Å². The molecule has 1 rings (SSSR count). The van der Waals surface area contributed by atoms with Gasteiger partial charge in [0.25, 0.3) is 0 Å². The summed E-state index contributed by atoms with van der Waals surface area (Å²) in [5, 5.41) is 0. The third-order valence-electron chi connectivity index (χ3n) is 1.81. The molecule has 1 aliphatic heterocycles. The summed E-state index contributed by atoms with van der Waals surface area (Å²) in [5.74, 6) is 0.275. The maximum absolute atomic E-state index is 10.8. The van der Waals surface area contributed by atoms with E-state index >= 15 is 0 Å². The lowest BCUT2D eigenvalue weighted by Crippen LogP contribution is -2.09. The van der Waals surface area contributed by atoms with Crippen LogP contribution in [0.25, 0.3) is 0 Å². The van der Waals surface area contributed by atoms with E-state index in [0.29, 0.717) is 12.3 Å². The summed E-state index contributed by atoms with van der Waals surface area (Å²) in [6, 6.07) is 0. The van der Waals surface area contributed by atoms with Crippen LogP contribution in [-0.2, 0) is 9.53 Å². The highest BCUT2D eigenvalue weighted by molar-refractivity contribution is 5.72. The maximum Gasteiger partial charge on any atom is 0.306 e. The largest absolute Gasteiger partial charge is 0.458 e. The van der Waals surface area contributed by atoms with Crippen LogP contribution in [0, 0.1) is 5.92 Å². The lowest BCUT2D eigenvalue weighted by molar-refractivity contribution is -0.140. The first kappa shape index (κ1) is 8.31. The molecule has 0 saturated carbocycles. The van der Waals surface area contributed by atoms with Crippen LogP contribution < -0.4 is 0 Å². The van der Waals surface area contributed by atoms with Crippen molar-refractivity contribution in [3.05, 3.63) is 11.6 Å². The van der Waals surface area contributed by atoms with Gasteiger partial charge < -0.3 is 4.74 Å². The molecule has 1 unspecified atom stereocenters. The average molecular weight is 154 g/mol. The Morgan fingerprint density at radius 3 is 2.64 bits per heavy atom. The summed E-state index contributed by atoms with van der Waals surface area (Å²) in [6.07, 6.45) is 2.59. The molecule has 1 aliphatic rings. The predicted octanol–water partition coefficient (Wildman–Crippen LogP) is 1.90. The number of hydrogen-bond acceptors (Lipinski definition) is 2.